The molecule has 0 radical (unpaired) electrons. The lowest BCUT2D eigenvalue weighted by atomic mass is 10.1. The lowest BCUT2D eigenvalue weighted by molar-refractivity contribution is 0.103. The second-order valence-electron chi connectivity index (χ2n) is 5.58. The number of nitrogens with zero attached hydrogens (tertiary/aromatic N) is 2. The fraction of sp³-hybridized carbons (Fsp3) is 0.294. The van der Waals surface area contributed by atoms with Crippen molar-refractivity contribution in [2.75, 3.05) is 5.73 Å². The van der Waals surface area contributed by atoms with Gasteiger partial charge < -0.3 is 5.73 Å². The molecule has 116 valence electrons. The quantitative estimate of drug-likeness (QED) is 0.777. The first-order chi connectivity index (χ1) is 10.5. The first-order valence-electron chi connectivity index (χ1n) is 7.28. The van der Waals surface area contributed by atoms with Crippen molar-refractivity contribution in [3.63, 3.8) is 0 Å². The summed E-state index contributed by atoms with van der Waals surface area (Å²) < 4.78 is 2.54. The summed E-state index contributed by atoms with van der Waals surface area (Å²) in [7, 11) is 0. The fourth-order valence-electron chi connectivity index (χ4n) is 2.05. The number of carbonyl (C=O) groups excluding carboxylic acids is 1. The first kappa shape index (κ1) is 16.5. The number of hydrogen-bond acceptors (Lipinski definition) is 3. The van der Waals surface area contributed by atoms with Crippen LogP contribution >= 0.6 is 15.9 Å². The van der Waals surface area contributed by atoms with E-state index in [1.807, 2.05) is 24.4 Å². The van der Waals surface area contributed by atoms with Crippen LogP contribution in [0.25, 0.3) is 6.20 Å². The van der Waals surface area contributed by atoms with Crippen LogP contribution in [0, 0.1) is 5.92 Å². The molecule has 2 N–H and O–H groups in total. The molecule has 2 rings (SSSR count). The lowest BCUT2D eigenvalue weighted by Crippen LogP contribution is -2.06. The molecule has 0 saturated carbocycles. The second-order valence-corrected chi connectivity index (χ2v) is 6.50. The molecule has 0 atom stereocenters. The van der Waals surface area contributed by atoms with Gasteiger partial charge in [0.2, 0.25) is 5.78 Å². The maximum Gasteiger partial charge on any atom is 0.215 e. The minimum Gasteiger partial charge on any atom is -0.383 e. The molecule has 22 heavy (non-hydrogen) atoms. The Morgan fingerprint density at radius 2 is 2.23 bits per heavy atom. The highest BCUT2D eigenvalue weighted by atomic mass is 79.9. The van der Waals surface area contributed by atoms with Crippen molar-refractivity contribution in [2.24, 2.45) is 5.92 Å². The van der Waals surface area contributed by atoms with Crippen molar-refractivity contribution < 1.29 is 4.79 Å². The normalized spacial score (nSPS) is 11.5. The van der Waals surface area contributed by atoms with Gasteiger partial charge in [0.25, 0.3) is 0 Å². The minimum atomic E-state index is -0.173. The van der Waals surface area contributed by atoms with E-state index in [0.29, 0.717) is 17.3 Å². The molecule has 0 saturated heterocycles. The Bertz CT molecular complexity index is 689. The van der Waals surface area contributed by atoms with Gasteiger partial charge in [0.05, 0.1) is 0 Å². The zero-order valence-electron chi connectivity index (χ0n) is 12.8. The number of nitrogens with two attached hydrogens (primary N) is 1. The molecule has 0 aliphatic carbocycles. The van der Waals surface area contributed by atoms with Gasteiger partial charge in [0.1, 0.15) is 12.1 Å². The number of anilines is 1. The number of imidazole rings is 1. The molecular formula is C17H20BrN3O. The van der Waals surface area contributed by atoms with Crippen LogP contribution in [0.4, 0.5) is 5.82 Å². The number of hydrogen-bond donors (Lipinski definition) is 1. The first-order valence-corrected chi connectivity index (χ1v) is 8.07. The second kappa shape index (κ2) is 7.40. The summed E-state index contributed by atoms with van der Waals surface area (Å²) in [5.74, 6) is 0.859. The van der Waals surface area contributed by atoms with Gasteiger partial charge in [-0.15, -0.1) is 0 Å². The number of rotatable bonds is 6. The summed E-state index contributed by atoms with van der Waals surface area (Å²) in [4.78, 5) is 16.6. The van der Waals surface area contributed by atoms with E-state index in [2.05, 4.69) is 34.8 Å². The molecule has 1 aromatic carbocycles. The van der Waals surface area contributed by atoms with Crippen molar-refractivity contribution >= 4 is 33.7 Å². The molecule has 1 aromatic heterocycles. The molecule has 1 heterocycles. The number of nitrogen functional groups attached to an aromatic ring is 1. The van der Waals surface area contributed by atoms with Gasteiger partial charge in [-0.05, 0) is 30.9 Å². The van der Waals surface area contributed by atoms with Crippen LogP contribution in [0.15, 0.2) is 41.1 Å². The Hall–Kier alpha value is -1.88. The minimum absolute atomic E-state index is 0.173. The molecule has 2 aromatic rings. The number of allylic oxidation sites excluding steroid dienone is 1. The monoisotopic (exact) mass is 361 g/mol. The smallest absolute Gasteiger partial charge is 0.215 e. The third kappa shape index (κ3) is 4.07. The molecule has 5 heteroatoms. The van der Waals surface area contributed by atoms with Crippen LogP contribution in [0.1, 0.15) is 42.7 Å². The molecule has 0 unspecified atom stereocenters. The Kier molecular flexibility index (Phi) is 5.55. The van der Waals surface area contributed by atoms with E-state index in [1.54, 1.807) is 23.0 Å². The predicted molar refractivity (Wildman–Crippen MR) is 93.6 cm³/mol. The van der Waals surface area contributed by atoms with Gasteiger partial charge >= 0.3 is 0 Å². The molecule has 0 bridgehead atoms. The average Bonchev–Trinajstić information content (AvgIpc) is 2.84. The van der Waals surface area contributed by atoms with Crippen LogP contribution in [0.3, 0.4) is 0 Å². The molecule has 4 nitrogen and oxygen atoms in total. The van der Waals surface area contributed by atoms with Crippen LogP contribution in [0.5, 0.6) is 0 Å². The van der Waals surface area contributed by atoms with Gasteiger partial charge in [-0.25, -0.2) is 4.98 Å². The van der Waals surface area contributed by atoms with Gasteiger partial charge in [0.15, 0.2) is 5.69 Å². The third-order valence-electron chi connectivity index (χ3n) is 3.31. The summed E-state index contributed by atoms with van der Waals surface area (Å²) in [6.07, 6.45) is 7.58. The zero-order valence-corrected chi connectivity index (χ0v) is 14.4. The van der Waals surface area contributed by atoms with E-state index in [9.17, 15) is 4.79 Å². The third-order valence-corrected chi connectivity index (χ3v) is 3.80. The zero-order chi connectivity index (χ0) is 16.1. The van der Waals surface area contributed by atoms with Crippen molar-refractivity contribution in [1.82, 2.24) is 9.55 Å². The van der Waals surface area contributed by atoms with E-state index in [1.165, 1.54) is 0 Å². The van der Waals surface area contributed by atoms with Crippen molar-refractivity contribution in [3.8, 4) is 0 Å². The molecule has 0 fully saturated rings. The van der Waals surface area contributed by atoms with E-state index in [-0.39, 0.29) is 11.5 Å². The van der Waals surface area contributed by atoms with Crippen LogP contribution in [-0.4, -0.2) is 15.3 Å². The summed E-state index contributed by atoms with van der Waals surface area (Å²) in [5.41, 5.74) is 6.89. The highest BCUT2D eigenvalue weighted by Crippen LogP contribution is 2.19. The lowest BCUT2D eigenvalue weighted by Gasteiger charge is -2.02. The van der Waals surface area contributed by atoms with Gasteiger partial charge in [-0.1, -0.05) is 48.0 Å². The summed E-state index contributed by atoms with van der Waals surface area (Å²) >= 11 is 3.36. The molecule has 0 aliphatic rings. The van der Waals surface area contributed by atoms with Crippen molar-refractivity contribution in [3.05, 3.63) is 52.4 Å². The number of halogens is 1. The van der Waals surface area contributed by atoms with Gasteiger partial charge in [0, 0.05) is 16.2 Å². The number of aromatic nitrogens is 2. The van der Waals surface area contributed by atoms with E-state index >= 15 is 0 Å². The Morgan fingerprint density at radius 1 is 1.45 bits per heavy atom. The molecule has 0 spiro atoms. The van der Waals surface area contributed by atoms with E-state index in [0.717, 1.165) is 17.3 Å². The standard InChI is InChI=1S/C17H20BrN3O/c1-12(2)6-3-4-9-21-11-20-15(17(21)19)16(22)13-7-5-8-14(18)10-13/h4-5,7-12H,3,6,19H2,1-2H3/b9-4+. The molecule has 0 aliphatic heterocycles. The maximum absolute atomic E-state index is 12.5. The Morgan fingerprint density at radius 3 is 2.91 bits per heavy atom. The molecule has 0 amide bonds. The van der Waals surface area contributed by atoms with Crippen LogP contribution in [0.2, 0.25) is 0 Å². The van der Waals surface area contributed by atoms with Crippen molar-refractivity contribution in [2.45, 2.75) is 26.7 Å². The highest BCUT2D eigenvalue weighted by molar-refractivity contribution is 9.10. The topological polar surface area (TPSA) is 60.9 Å². The van der Waals surface area contributed by atoms with E-state index < -0.39 is 0 Å². The van der Waals surface area contributed by atoms with E-state index in [4.69, 9.17) is 5.73 Å². The SMILES string of the molecule is CC(C)CC/C=C/n1cnc(C(=O)c2cccc(Br)c2)c1N. The number of ketones is 1. The van der Waals surface area contributed by atoms with Gasteiger partial charge in [-0.3, -0.25) is 9.36 Å². The number of benzene rings is 1. The molecular weight excluding hydrogens is 342 g/mol. The largest absolute Gasteiger partial charge is 0.383 e. The van der Waals surface area contributed by atoms with Gasteiger partial charge in [-0.2, -0.15) is 0 Å². The summed E-state index contributed by atoms with van der Waals surface area (Å²) in [5, 5.41) is 0. The van der Waals surface area contributed by atoms with Crippen LogP contribution < -0.4 is 5.73 Å². The van der Waals surface area contributed by atoms with Crippen LogP contribution in [-0.2, 0) is 0 Å². The van der Waals surface area contributed by atoms with Crippen molar-refractivity contribution in [1.29, 1.82) is 0 Å². The summed E-state index contributed by atoms with van der Waals surface area (Å²) in [6, 6.07) is 7.20. The number of carbonyl (C=O) groups is 1. The maximum atomic E-state index is 12.5. The highest BCUT2D eigenvalue weighted by Gasteiger charge is 2.17. The fourth-order valence-corrected chi connectivity index (χ4v) is 2.45. The Labute approximate surface area is 139 Å². The predicted octanol–water partition coefficient (Wildman–Crippen LogP) is 4.37. The average molecular weight is 362 g/mol. The Balaban J connectivity index is 2.15. The summed E-state index contributed by atoms with van der Waals surface area (Å²) in [6.45, 7) is 4.38.